The molecule has 2 N–H and O–H groups in total. The normalized spacial score (nSPS) is 13.6. The first-order valence-electron chi connectivity index (χ1n) is 2.31. The Bertz CT molecular complexity index is 156. The minimum atomic E-state index is 0.505. The Kier molecular flexibility index (Phi) is 4.29. The number of hydrogen-bond donors (Lipinski definition) is 1. The Morgan fingerprint density at radius 3 is 2.67 bits per heavy atom. The summed E-state index contributed by atoms with van der Waals surface area (Å²) in [6.07, 6.45) is 1.42. The molecule has 0 aromatic rings. The van der Waals surface area contributed by atoms with Gasteiger partial charge in [-0.2, -0.15) is 0 Å². The number of amidine groups is 2. The van der Waals surface area contributed by atoms with E-state index >= 15 is 0 Å². The highest BCUT2D eigenvalue weighted by molar-refractivity contribution is 14.1. The van der Waals surface area contributed by atoms with Crippen LogP contribution in [-0.4, -0.2) is 9.68 Å². The molecule has 0 rings (SSSR count). The van der Waals surface area contributed by atoms with Gasteiger partial charge in [0.25, 0.3) is 0 Å². The largest absolute Gasteiger partial charge is 0.387 e. The lowest BCUT2D eigenvalue weighted by Gasteiger charge is -1.86. The zero-order valence-corrected chi connectivity index (χ0v) is 7.29. The minimum Gasteiger partial charge on any atom is -0.387 e. The second kappa shape index (κ2) is 4.49. The van der Waals surface area contributed by atoms with Crippen LogP contribution in [-0.2, 0) is 0 Å². The van der Waals surface area contributed by atoms with Gasteiger partial charge in [0.05, 0.1) is 5.84 Å². The van der Waals surface area contributed by atoms with Gasteiger partial charge in [0.15, 0.2) is 3.84 Å². The monoisotopic (exact) mass is 237 g/mol. The Hall–Kier alpha value is -0.390. The van der Waals surface area contributed by atoms with Crippen LogP contribution in [0.15, 0.2) is 22.8 Å². The first kappa shape index (κ1) is 8.61. The molecule has 0 bridgehead atoms. The molecule has 0 heterocycles. The molecule has 0 aliphatic carbocycles. The van der Waals surface area contributed by atoms with Crippen molar-refractivity contribution < 1.29 is 0 Å². The summed E-state index contributed by atoms with van der Waals surface area (Å²) in [6.45, 7) is 5.11. The molecule has 0 aliphatic rings. The Morgan fingerprint density at radius 2 is 2.33 bits per heavy atom. The van der Waals surface area contributed by atoms with E-state index in [1.807, 2.05) is 22.6 Å². The lowest BCUT2D eigenvalue weighted by Crippen LogP contribution is -2.06. The van der Waals surface area contributed by atoms with Crippen molar-refractivity contribution in [1.82, 2.24) is 0 Å². The van der Waals surface area contributed by atoms with Crippen molar-refractivity contribution in [3.63, 3.8) is 0 Å². The Labute approximate surface area is 67.9 Å². The Balaban J connectivity index is 4.05. The molecule has 9 heavy (non-hydrogen) atoms. The fourth-order valence-electron chi connectivity index (χ4n) is 0.250. The van der Waals surface area contributed by atoms with Crippen LogP contribution in [0, 0.1) is 0 Å². The summed E-state index contributed by atoms with van der Waals surface area (Å²) < 4.78 is 0.600. The molecule has 0 aromatic carbocycles. The fraction of sp³-hybridized carbons (Fsp3) is 0.200. The highest BCUT2D eigenvalue weighted by Crippen LogP contribution is 1.92. The third-order valence-electron chi connectivity index (χ3n) is 0.466. The molecule has 0 spiro atoms. The second-order valence-corrected chi connectivity index (χ2v) is 2.30. The van der Waals surface area contributed by atoms with E-state index in [-0.39, 0.29) is 0 Å². The molecule has 0 amide bonds. The summed E-state index contributed by atoms with van der Waals surface area (Å²) in [6, 6.07) is 0. The standard InChI is InChI=1S/C5H8IN3/c1-3-8-5(6)9-4(2)7/h3H,1H2,2H3,(H2,7,8,9). The number of nitrogens with two attached hydrogens (primary N) is 1. The maximum absolute atomic E-state index is 5.25. The van der Waals surface area contributed by atoms with Gasteiger partial charge in [0, 0.05) is 28.8 Å². The van der Waals surface area contributed by atoms with Gasteiger partial charge in [0.2, 0.25) is 0 Å². The molecule has 3 nitrogen and oxygen atoms in total. The van der Waals surface area contributed by atoms with E-state index in [2.05, 4.69) is 16.6 Å². The van der Waals surface area contributed by atoms with Gasteiger partial charge in [-0.15, -0.1) is 0 Å². The van der Waals surface area contributed by atoms with Gasteiger partial charge in [-0.3, -0.25) is 0 Å². The van der Waals surface area contributed by atoms with Crippen molar-refractivity contribution in [2.75, 3.05) is 0 Å². The summed E-state index contributed by atoms with van der Waals surface area (Å²) in [5.74, 6) is 0.505. The maximum Gasteiger partial charge on any atom is 0.192 e. The summed E-state index contributed by atoms with van der Waals surface area (Å²) >= 11 is 1.97. The molecule has 0 radical (unpaired) electrons. The lowest BCUT2D eigenvalue weighted by atomic mass is 10.7. The zero-order chi connectivity index (χ0) is 7.28. The first-order valence-corrected chi connectivity index (χ1v) is 3.39. The average molecular weight is 237 g/mol. The molecule has 0 aromatic heterocycles. The zero-order valence-electron chi connectivity index (χ0n) is 5.13. The molecular formula is C5H8IN3. The third-order valence-corrected chi connectivity index (χ3v) is 0.986. The highest BCUT2D eigenvalue weighted by atomic mass is 127. The minimum absolute atomic E-state index is 0.505. The van der Waals surface area contributed by atoms with E-state index < -0.39 is 0 Å². The molecule has 0 aliphatic heterocycles. The molecule has 0 unspecified atom stereocenters. The van der Waals surface area contributed by atoms with Crippen molar-refractivity contribution in [2.24, 2.45) is 15.7 Å². The summed E-state index contributed by atoms with van der Waals surface area (Å²) in [5, 5.41) is 0. The molecule has 0 saturated heterocycles. The van der Waals surface area contributed by atoms with E-state index in [9.17, 15) is 0 Å². The Morgan fingerprint density at radius 1 is 1.78 bits per heavy atom. The van der Waals surface area contributed by atoms with Gasteiger partial charge in [-0.1, -0.05) is 6.58 Å². The van der Waals surface area contributed by atoms with E-state index in [1.165, 1.54) is 6.20 Å². The molecular weight excluding hydrogens is 229 g/mol. The van der Waals surface area contributed by atoms with E-state index in [1.54, 1.807) is 6.92 Å². The average Bonchev–Trinajstić information content (AvgIpc) is 1.63. The van der Waals surface area contributed by atoms with Crippen molar-refractivity contribution in [2.45, 2.75) is 6.92 Å². The maximum atomic E-state index is 5.25. The lowest BCUT2D eigenvalue weighted by molar-refractivity contribution is 1.51. The van der Waals surface area contributed by atoms with E-state index in [0.29, 0.717) is 9.68 Å². The molecule has 0 atom stereocenters. The number of aliphatic imine (C=N–C) groups is 2. The van der Waals surface area contributed by atoms with Crippen LogP contribution in [0.4, 0.5) is 0 Å². The highest BCUT2D eigenvalue weighted by Gasteiger charge is 1.83. The summed E-state index contributed by atoms with van der Waals surface area (Å²) in [4.78, 5) is 7.59. The van der Waals surface area contributed by atoms with E-state index in [0.717, 1.165) is 0 Å². The SMILES string of the molecule is C=C/N=C(I)\N=C(\C)N. The van der Waals surface area contributed by atoms with Gasteiger partial charge < -0.3 is 5.73 Å². The fourth-order valence-corrected chi connectivity index (χ4v) is 0.827. The predicted molar refractivity (Wildman–Crippen MR) is 48.9 cm³/mol. The van der Waals surface area contributed by atoms with Crippen molar-refractivity contribution in [3.05, 3.63) is 12.8 Å². The second-order valence-electron chi connectivity index (χ2n) is 1.33. The third kappa shape index (κ3) is 5.48. The van der Waals surface area contributed by atoms with Crippen LogP contribution >= 0.6 is 22.6 Å². The smallest absolute Gasteiger partial charge is 0.192 e. The predicted octanol–water partition coefficient (Wildman–Crippen LogP) is 1.30. The van der Waals surface area contributed by atoms with Crippen LogP contribution in [0.1, 0.15) is 6.92 Å². The van der Waals surface area contributed by atoms with Gasteiger partial charge >= 0.3 is 0 Å². The number of rotatable bonds is 1. The molecule has 50 valence electrons. The quantitative estimate of drug-likeness (QED) is 0.317. The molecule has 4 heteroatoms. The topological polar surface area (TPSA) is 50.7 Å². The summed E-state index contributed by atoms with van der Waals surface area (Å²) in [5.41, 5.74) is 5.25. The van der Waals surface area contributed by atoms with Crippen molar-refractivity contribution >= 4 is 32.3 Å². The number of nitrogens with zero attached hydrogens (tertiary/aromatic N) is 2. The number of hydrogen-bond acceptors (Lipinski definition) is 1. The van der Waals surface area contributed by atoms with E-state index in [4.69, 9.17) is 5.73 Å². The summed E-state index contributed by atoms with van der Waals surface area (Å²) in [7, 11) is 0. The van der Waals surface area contributed by atoms with Gasteiger partial charge in [-0.05, 0) is 6.92 Å². The van der Waals surface area contributed by atoms with Crippen LogP contribution < -0.4 is 5.73 Å². The molecule has 0 fully saturated rings. The molecule has 0 saturated carbocycles. The van der Waals surface area contributed by atoms with Crippen LogP contribution in [0.3, 0.4) is 0 Å². The van der Waals surface area contributed by atoms with Crippen molar-refractivity contribution in [3.8, 4) is 0 Å². The van der Waals surface area contributed by atoms with Crippen molar-refractivity contribution in [1.29, 1.82) is 0 Å². The van der Waals surface area contributed by atoms with Crippen LogP contribution in [0.25, 0.3) is 0 Å². The van der Waals surface area contributed by atoms with Gasteiger partial charge in [-0.25, -0.2) is 9.98 Å². The van der Waals surface area contributed by atoms with Crippen LogP contribution in [0.2, 0.25) is 0 Å². The van der Waals surface area contributed by atoms with Gasteiger partial charge in [0.1, 0.15) is 0 Å². The first-order chi connectivity index (χ1) is 4.16. The number of halogens is 1. The van der Waals surface area contributed by atoms with Crippen LogP contribution in [0.5, 0.6) is 0 Å².